The largest absolute Gasteiger partial charge is 0.483 e. The first-order chi connectivity index (χ1) is 12.2. The number of hydrogen-bond acceptors (Lipinski definition) is 5. The van der Waals surface area contributed by atoms with E-state index in [1.807, 2.05) is 61.5 Å². The summed E-state index contributed by atoms with van der Waals surface area (Å²) in [5.74, 6) is 1.04. The summed E-state index contributed by atoms with van der Waals surface area (Å²) in [7, 11) is 0. The number of nitrogens with zero attached hydrogens (tertiary/aromatic N) is 2. The van der Waals surface area contributed by atoms with Crippen molar-refractivity contribution in [3.63, 3.8) is 0 Å². The van der Waals surface area contributed by atoms with Gasteiger partial charge in [0.05, 0.1) is 18.1 Å². The summed E-state index contributed by atoms with van der Waals surface area (Å²) in [6.45, 7) is 1.83. The van der Waals surface area contributed by atoms with E-state index in [-0.39, 0.29) is 18.5 Å². The summed E-state index contributed by atoms with van der Waals surface area (Å²) < 4.78 is 11.0. The van der Waals surface area contributed by atoms with Crippen LogP contribution in [0.3, 0.4) is 0 Å². The number of carbonyl (C=O) groups excluding carboxylic acids is 1. The van der Waals surface area contributed by atoms with E-state index >= 15 is 0 Å². The Bertz CT molecular complexity index is 836. The van der Waals surface area contributed by atoms with Gasteiger partial charge in [-0.1, -0.05) is 36.4 Å². The zero-order valence-corrected chi connectivity index (χ0v) is 13.7. The SMILES string of the molecule is Cc1ccccc1OCC(=O)Nc1cnc(Oc2ccccc2)nc1. The summed E-state index contributed by atoms with van der Waals surface area (Å²) in [6.07, 6.45) is 2.97. The van der Waals surface area contributed by atoms with Gasteiger partial charge in [0.25, 0.3) is 5.91 Å². The second kappa shape index (κ2) is 7.92. The van der Waals surface area contributed by atoms with E-state index in [1.54, 1.807) is 0 Å². The van der Waals surface area contributed by atoms with Gasteiger partial charge in [0, 0.05) is 0 Å². The maximum Gasteiger partial charge on any atom is 0.322 e. The van der Waals surface area contributed by atoms with E-state index in [0.29, 0.717) is 17.2 Å². The van der Waals surface area contributed by atoms with Crippen LogP contribution >= 0.6 is 0 Å². The van der Waals surface area contributed by atoms with Crippen LogP contribution in [0.25, 0.3) is 0 Å². The Morgan fingerprint density at radius 3 is 2.40 bits per heavy atom. The summed E-state index contributed by atoms with van der Waals surface area (Å²) >= 11 is 0. The molecule has 25 heavy (non-hydrogen) atoms. The van der Waals surface area contributed by atoms with E-state index in [1.165, 1.54) is 12.4 Å². The number of aromatic nitrogens is 2. The predicted molar refractivity (Wildman–Crippen MR) is 93.9 cm³/mol. The van der Waals surface area contributed by atoms with Gasteiger partial charge in [-0.05, 0) is 30.7 Å². The fraction of sp³-hybridized carbons (Fsp3) is 0.105. The average molecular weight is 335 g/mol. The van der Waals surface area contributed by atoms with Crippen molar-refractivity contribution in [1.82, 2.24) is 9.97 Å². The number of ether oxygens (including phenoxy) is 2. The molecule has 0 aliphatic rings. The zero-order valence-electron chi connectivity index (χ0n) is 13.7. The molecule has 6 nitrogen and oxygen atoms in total. The maximum atomic E-state index is 12.0. The van der Waals surface area contributed by atoms with Gasteiger partial charge in [-0.25, -0.2) is 9.97 Å². The first-order valence-corrected chi connectivity index (χ1v) is 7.74. The van der Waals surface area contributed by atoms with Crippen molar-refractivity contribution >= 4 is 11.6 Å². The number of carbonyl (C=O) groups is 1. The molecule has 3 aromatic rings. The molecule has 0 fully saturated rings. The highest BCUT2D eigenvalue weighted by molar-refractivity contribution is 5.91. The number of rotatable bonds is 6. The van der Waals surface area contributed by atoms with Crippen molar-refractivity contribution in [2.24, 2.45) is 0 Å². The van der Waals surface area contributed by atoms with Gasteiger partial charge in [0.1, 0.15) is 11.5 Å². The maximum absolute atomic E-state index is 12.0. The van der Waals surface area contributed by atoms with Gasteiger partial charge in [-0.15, -0.1) is 0 Å². The Kier molecular flexibility index (Phi) is 5.21. The molecule has 1 N–H and O–H groups in total. The highest BCUT2D eigenvalue weighted by atomic mass is 16.5. The van der Waals surface area contributed by atoms with Crippen molar-refractivity contribution in [2.75, 3.05) is 11.9 Å². The number of hydrogen-bond donors (Lipinski definition) is 1. The van der Waals surface area contributed by atoms with E-state index in [9.17, 15) is 4.79 Å². The molecule has 6 heteroatoms. The molecule has 1 amide bonds. The monoisotopic (exact) mass is 335 g/mol. The molecule has 3 rings (SSSR count). The average Bonchev–Trinajstić information content (AvgIpc) is 2.64. The lowest BCUT2D eigenvalue weighted by atomic mass is 10.2. The van der Waals surface area contributed by atoms with Crippen molar-refractivity contribution in [3.05, 3.63) is 72.6 Å². The molecule has 0 radical (unpaired) electrons. The smallest absolute Gasteiger partial charge is 0.322 e. The van der Waals surface area contributed by atoms with Crippen LogP contribution in [0.1, 0.15) is 5.56 Å². The molecule has 0 unspecified atom stereocenters. The first kappa shape index (κ1) is 16.4. The predicted octanol–water partition coefficient (Wildman–Crippen LogP) is 3.59. The Morgan fingerprint density at radius 2 is 1.68 bits per heavy atom. The molecule has 0 saturated heterocycles. The molecule has 0 atom stereocenters. The summed E-state index contributed by atoms with van der Waals surface area (Å²) in [6, 6.07) is 17.0. The minimum absolute atomic E-state index is 0.0902. The van der Waals surface area contributed by atoms with Crippen LogP contribution in [0, 0.1) is 6.92 Å². The van der Waals surface area contributed by atoms with Gasteiger partial charge < -0.3 is 14.8 Å². The third kappa shape index (κ3) is 4.78. The van der Waals surface area contributed by atoms with Gasteiger partial charge in [-0.3, -0.25) is 4.79 Å². The number of anilines is 1. The third-order valence-corrected chi connectivity index (χ3v) is 3.32. The fourth-order valence-electron chi connectivity index (χ4n) is 2.09. The topological polar surface area (TPSA) is 73.3 Å². The minimum atomic E-state index is -0.288. The molecular weight excluding hydrogens is 318 g/mol. The lowest BCUT2D eigenvalue weighted by Crippen LogP contribution is -2.20. The highest BCUT2D eigenvalue weighted by Crippen LogP contribution is 2.18. The van der Waals surface area contributed by atoms with E-state index in [2.05, 4.69) is 15.3 Å². The van der Waals surface area contributed by atoms with Crippen molar-refractivity contribution < 1.29 is 14.3 Å². The number of para-hydroxylation sites is 2. The van der Waals surface area contributed by atoms with Crippen LogP contribution in [0.15, 0.2) is 67.0 Å². The van der Waals surface area contributed by atoms with Gasteiger partial charge in [0.15, 0.2) is 6.61 Å². The van der Waals surface area contributed by atoms with Gasteiger partial charge in [-0.2, -0.15) is 0 Å². The quantitative estimate of drug-likeness (QED) is 0.745. The summed E-state index contributed by atoms with van der Waals surface area (Å²) in [5, 5.41) is 2.68. The van der Waals surface area contributed by atoms with E-state index in [0.717, 1.165) is 5.56 Å². The van der Waals surface area contributed by atoms with Crippen LogP contribution in [0.4, 0.5) is 5.69 Å². The van der Waals surface area contributed by atoms with Crippen molar-refractivity contribution in [2.45, 2.75) is 6.92 Å². The molecule has 0 saturated carbocycles. The standard InChI is InChI=1S/C19H17N3O3/c1-14-7-5-6-10-17(14)24-13-18(23)22-15-11-20-19(21-12-15)25-16-8-3-2-4-9-16/h2-12H,13H2,1H3,(H,22,23). The zero-order chi connectivity index (χ0) is 17.5. The molecule has 126 valence electrons. The Hall–Kier alpha value is -3.41. The number of aryl methyl sites for hydroxylation is 1. The fourth-order valence-corrected chi connectivity index (χ4v) is 2.09. The molecule has 2 aromatic carbocycles. The lowest BCUT2D eigenvalue weighted by molar-refractivity contribution is -0.118. The molecule has 0 bridgehead atoms. The highest BCUT2D eigenvalue weighted by Gasteiger charge is 2.07. The number of amides is 1. The molecular formula is C19H17N3O3. The molecule has 1 heterocycles. The first-order valence-electron chi connectivity index (χ1n) is 7.74. The second-order valence-corrected chi connectivity index (χ2v) is 5.27. The second-order valence-electron chi connectivity index (χ2n) is 5.27. The number of nitrogens with one attached hydrogen (secondary N) is 1. The Morgan fingerprint density at radius 1 is 1.00 bits per heavy atom. The molecule has 0 aliphatic carbocycles. The van der Waals surface area contributed by atoms with E-state index in [4.69, 9.17) is 9.47 Å². The van der Waals surface area contributed by atoms with Gasteiger partial charge >= 0.3 is 6.01 Å². The Balaban J connectivity index is 1.52. The Labute approximate surface area is 145 Å². The molecule has 1 aromatic heterocycles. The summed E-state index contributed by atoms with van der Waals surface area (Å²) in [5.41, 5.74) is 1.44. The number of benzene rings is 2. The van der Waals surface area contributed by atoms with Crippen LogP contribution in [0.5, 0.6) is 17.5 Å². The van der Waals surface area contributed by atoms with Crippen LogP contribution in [-0.2, 0) is 4.79 Å². The minimum Gasteiger partial charge on any atom is -0.483 e. The normalized spacial score (nSPS) is 10.1. The molecule has 0 spiro atoms. The van der Waals surface area contributed by atoms with Crippen molar-refractivity contribution in [1.29, 1.82) is 0 Å². The van der Waals surface area contributed by atoms with Crippen molar-refractivity contribution in [3.8, 4) is 17.5 Å². The van der Waals surface area contributed by atoms with Gasteiger partial charge in [0.2, 0.25) is 0 Å². The third-order valence-electron chi connectivity index (χ3n) is 3.32. The molecule has 0 aliphatic heterocycles. The van der Waals surface area contributed by atoms with Crippen LogP contribution in [0.2, 0.25) is 0 Å². The van der Waals surface area contributed by atoms with E-state index < -0.39 is 0 Å². The van der Waals surface area contributed by atoms with Crippen LogP contribution < -0.4 is 14.8 Å². The van der Waals surface area contributed by atoms with Crippen LogP contribution in [-0.4, -0.2) is 22.5 Å². The summed E-state index contributed by atoms with van der Waals surface area (Å²) in [4.78, 5) is 20.1. The lowest BCUT2D eigenvalue weighted by Gasteiger charge is -2.09.